The average Bonchev–Trinajstić information content (AvgIpc) is 2.27. The second-order valence-electron chi connectivity index (χ2n) is 1.86. The maximum atomic E-state index is 8.21. The van der Waals surface area contributed by atoms with Crippen molar-refractivity contribution < 1.29 is 4.74 Å². The molecule has 15 heavy (non-hydrogen) atoms. The maximum absolute atomic E-state index is 8.21. The van der Waals surface area contributed by atoms with Crippen LogP contribution in [0.5, 0.6) is 0 Å². The Balaban J connectivity index is 0. The molecule has 0 saturated heterocycles. The molecule has 74 valence electrons. The number of nitriles is 4. The van der Waals surface area contributed by atoms with Crippen molar-refractivity contribution in [2.75, 3.05) is 7.11 Å². The highest BCUT2D eigenvalue weighted by molar-refractivity contribution is 5.37. The van der Waals surface area contributed by atoms with Gasteiger partial charge in [0.2, 0.25) is 0 Å². The zero-order valence-corrected chi connectivity index (χ0v) is 8.14. The Morgan fingerprint density at radius 3 is 1.93 bits per heavy atom. The number of ether oxygens (including phenoxy) is 1. The first kappa shape index (κ1) is 14.7. The lowest BCUT2D eigenvalue weighted by Gasteiger charge is -1.80. The normalized spacial score (nSPS) is 6.73. The SMILES string of the molecule is CO/C=C/C=C(C#N)C#N.N#CCC#N. The number of allylic oxidation sites excluding steroid dienone is 3. The van der Waals surface area contributed by atoms with E-state index in [0.29, 0.717) is 0 Å². The lowest BCUT2D eigenvalue weighted by Crippen LogP contribution is -1.68. The van der Waals surface area contributed by atoms with Crippen LogP contribution in [0.25, 0.3) is 0 Å². The molecule has 0 N–H and O–H groups in total. The summed E-state index contributed by atoms with van der Waals surface area (Å²) in [5.74, 6) is 0. The molecule has 0 aromatic heterocycles. The number of hydrogen-bond donors (Lipinski definition) is 0. The van der Waals surface area contributed by atoms with E-state index in [9.17, 15) is 0 Å². The quantitative estimate of drug-likeness (QED) is 0.382. The third-order valence-corrected chi connectivity index (χ3v) is 0.877. The van der Waals surface area contributed by atoms with Crippen LogP contribution in [0.3, 0.4) is 0 Å². The lowest BCUT2D eigenvalue weighted by molar-refractivity contribution is 0.338. The van der Waals surface area contributed by atoms with Crippen LogP contribution in [-0.2, 0) is 4.74 Å². The van der Waals surface area contributed by atoms with Crippen LogP contribution in [0.2, 0.25) is 0 Å². The Morgan fingerprint density at radius 2 is 1.67 bits per heavy atom. The molecule has 0 spiro atoms. The smallest absolute Gasteiger partial charge is 0.129 e. The van der Waals surface area contributed by atoms with Gasteiger partial charge < -0.3 is 4.74 Å². The summed E-state index contributed by atoms with van der Waals surface area (Å²) in [6.07, 6.45) is 4.25. The molecule has 0 aliphatic heterocycles. The molecule has 0 bridgehead atoms. The molecular weight excluding hydrogens is 192 g/mol. The summed E-state index contributed by atoms with van der Waals surface area (Å²) in [6.45, 7) is 0. The average molecular weight is 200 g/mol. The summed E-state index contributed by atoms with van der Waals surface area (Å²) in [5, 5.41) is 31.6. The third kappa shape index (κ3) is 14.1. The van der Waals surface area contributed by atoms with Crippen molar-refractivity contribution in [3.05, 3.63) is 24.0 Å². The van der Waals surface area contributed by atoms with Crippen LogP contribution in [0, 0.1) is 45.3 Å². The van der Waals surface area contributed by atoms with Gasteiger partial charge in [-0.1, -0.05) is 0 Å². The van der Waals surface area contributed by atoms with E-state index in [1.807, 2.05) is 0 Å². The molecule has 0 aliphatic rings. The van der Waals surface area contributed by atoms with Gasteiger partial charge >= 0.3 is 0 Å². The molecule has 0 aromatic rings. The summed E-state index contributed by atoms with van der Waals surface area (Å²) in [7, 11) is 1.49. The van der Waals surface area contributed by atoms with Gasteiger partial charge in [-0.3, -0.25) is 0 Å². The Kier molecular flexibility index (Phi) is 13.6. The van der Waals surface area contributed by atoms with Gasteiger partial charge in [0.05, 0.1) is 25.5 Å². The van der Waals surface area contributed by atoms with Crippen molar-refractivity contribution in [1.82, 2.24) is 0 Å². The van der Waals surface area contributed by atoms with Crippen LogP contribution in [-0.4, -0.2) is 7.11 Å². The Bertz CT molecular complexity index is 354. The molecular formula is C10H8N4O. The molecule has 0 aromatic carbocycles. The van der Waals surface area contributed by atoms with Gasteiger partial charge in [-0.2, -0.15) is 21.0 Å². The largest absolute Gasteiger partial charge is 0.504 e. The van der Waals surface area contributed by atoms with Gasteiger partial charge in [-0.25, -0.2) is 0 Å². The van der Waals surface area contributed by atoms with Crippen molar-refractivity contribution >= 4 is 0 Å². The maximum Gasteiger partial charge on any atom is 0.129 e. The minimum absolute atomic E-state index is 0. The molecule has 0 fully saturated rings. The van der Waals surface area contributed by atoms with E-state index in [1.165, 1.54) is 25.5 Å². The molecule has 0 rings (SSSR count). The minimum Gasteiger partial charge on any atom is -0.504 e. The molecule has 0 unspecified atom stereocenters. The number of rotatable bonds is 2. The van der Waals surface area contributed by atoms with Crippen LogP contribution >= 0.6 is 0 Å². The predicted octanol–water partition coefficient (Wildman–Crippen LogP) is 1.54. The van der Waals surface area contributed by atoms with Gasteiger partial charge in [0, 0.05) is 0 Å². The van der Waals surface area contributed by atoms with Gasteiger partial charge in [0.1, 0.15) is 24.1 Å². The fourth-order valence-electron chi connectivity index (χ4n) is 0.349. The third-order valence-electron chi connectivity index (χ3n) is 0.877. The zero-order valence-electron chi connectivity index (χ0n) is 8.14. The van der Waals surface area contributed by atoms with E-state index in [1.54, 1.807) is 24.3 Å². The van der Waals surface area contributed by atoms with Gasteiger partial charge in [0.25, 0.3) is 0 Å². The standard InChI is InChI=1S/C7H6N2O.C3H2N2/c1-10-4-2-3-7(5-8)6-9;4-2-1-3-5/h2-4H,1H3;1H2/b4-2+;. The molecule has 5 heteroatoms. The summed E-state index contributed by atoms with van der Waals surface area (Å²) < 4.78 is 4.54. The van der Waals surface area contributed by atoms with Crippen molar-refractivity contribution in [3.63, 3.8) is 0 Å². The highest BCUT2D eigenvalue weighted by Gasteiger charge is 1.84. The zero-order chi connectivity index (χ0) is 11.9. The predicted molar refractivity (Wildman–Crippen MR) is 51.3 cm³/mol. The molecule has 0 amide bonds. The van der Waals surface area contributed by atoms with Crippen molar-refractivity contribution in [2.45, 2.75) is 6.42 Å². The fourth-order valence-corrected chi connectivity index (χ4v) is 0.349. The second-order valence-corrected chi connectivity index (χ2v) is 1.86. The first-order valence-corrected chi connectivity index (χ1v) is 3.70. The highest BCUT2D eigenvalue weighted by atomic mass is 16.5. The van der Waals surface area contributed by atoms with E-state index in [2.05, 4.69) is 4.74 Å². The molecule has 0 atom stereocenters. The number of methoxy groups -OCH3 is 1. The second kappa shape index (κ2) is 13.8. The molecule has 0 heterocycles. The van der Waals surface area contributed by atoms with Crippen LogP contribution in [0.15, 0.2) is 24.0 Å². The number of hydrogen-bond acceptors (Lipinski definition) is 5. The molecule has 0 aliphatic carbocycles. The topological polar surface area (TPSA) is 104 Å². The van der Waals surface area contributed by atoms with Crippen LogP contribution in [0.1, 0.15) is 6.42 Å². The van der Waals surface area contributed by atoms with E-state index < -0.39 is 0 Å². The highest BCUT2D eigenvalue weighted by Crippen LogP contribution is 1.88. The fraction of sp³-hybridized carbons (Fsp3) is 0.200. The van der Waals surface area contributed by atoms with E-state index in [4.69, 9.17) is 21.0 Å². The van der Waals surface area contributed by atoms with E-state index >= 15 is 0 Å². The van der Waals surface area contributed by atoms with Crippen LogP contribution in [0.4, 0.5) is 0 Å². The van der Waals surface area contributed by atoms with E-state index in [0.717, 1.165) is 0 Å². The van der Waals surface area contributed by atoms with Gasteiger partial charge in [-0.15, -0.1) is 0 Å². The summed E-state index contributed by atoms with van der Waals surface area (Å²) in [5.41, 5.74) is 0.0632. The van der Waals surface area contributed by atoms with Gasteiger partial charge in [-0.05, 0) is 12.2 Å². The summed E-state index contributed by atoms with van der Waals surface area (Å²) >= 11 is 0. The monoisotopic (exact) mass is 200 g/mol. The first-order valence-electron chi connectivity index (χ1n) is 3.70. The van der Waals surface area contributed by atoms with Crippen molar-refractivity contribution in [2.24, 2.45) is 0 Å². The first-order chi connectivity index (χ1) is 7.26. The van der Waals surface area contributed by atoms with Crippen molar-refractivity contribution in [1.29, 1.82) is 21.0 Å². The molecule has 0 radical (unpaired) electrons. The van der Waals surface area contributed by atoms with Crippen molar-refractivity contribution in [3.8, 4) is 24.3 Å². The minimum atomic E-state index is 0. The van der Waals surface area contributed by atoms with Crippen LogP contribution < -0.4 is 0 Å². The molecule has 5 nitrogen and oxygen atoms in total. The van der Waals surface area contributed by atoms with Gasteiger partial charge in [0.15, 0.2) is 0 Å². The Morgan fingerprint density at radius 1 is 1.13 bits per heavy atom. The lowest BCUT2D eigenvalue weighted by atomic mass is 10.3. The summed E-state index contributed by atoms with van der Waals surface area (Å²) in [4.78, 5) is 0. The molecule has 0 saturated carbocycles. The number of nitrogens with zero attached hydrogens (tertiary/aromatic N) is 4. The Labute approximate surface area is 88.3 Å². The Hall–Kier alpha value is -2.76. The van der Waals surface area contributed by atoms with E-state index in [-0.39, 0.29) is 12.0 Å². The summed E-state index contributed by atoms with van der Waals surface area (Å²) in [6, 6.07) is 6.72.